The predicted molar refractivity (Wildman–Crippen MR) is 75.6 cm³/mol. The van der Waals surface area contributed by atoms with E-state index in [1.807, 2.05) is 25.1 Å². The van der Waals surface area contributed by atoms with Crippen LogP contribution in [0.2, 0.25) is 0 Å². The van der Waals surface area contributed by atoms with Crippen LogP contribution in [0, 0.1) is 0 Å². The maximum Gasteiger partial charge on any atom is 0.261 e. The molecule has 4 nitrogen and oxygen atoms in total. The highest BCUT2D eigenvalue weighted by Crippen LogP contribution is 2.20. The smallest absolute Gasteiger partial charge is 0.261 e. The summed E-state index contributed by atoms with van der Waals surface area (Å²) in [7, 11) is 1.61. The van der Waals surface area contributed by atoms with Crippen LogP contribution in [-0.2, 0) is 4.79 Å². The summed E-state index contributed by atoms with van der Waals surface area (Å²) in [6.07, 6.45) is 2.23. The Bertz CT molecular complexity index is 393. The van der Waals surface area contributed by atoms with Gasteiger partial charge in [0.2, 0.25) is 0 Å². The SMILES string of the molecule is CCCCNC(=O)[C@@H](CC)Oc1cccc(OC)c1. The molecule has 0 unspecified atom stereocenters. The molecule has 0 spiro atoms. The number of carbonyl (C=O) groups is 1. The zero-order chi connectivity index (χ0) is 14.1. The fourth-order valence-corrected chi connectivity index (χ4v) is 1.66. The Morgan fingerprint density at radius 3 is 2.68 bits per heavy atom. The topological polar surface area (TPSA) is 47.6 Å². The van der Waals surface area contributed by atoms with Crippen LogP contribution in [0.1, 0.15) is 33.1 Å². The van der Waals surface area contributed by atoms with E-state index >= 15 is 0 Å². The van der Waals surface area contributed by atoms with E-state index in [1.54, 1.807) is 13.2 Å². The van der Waals surface area contributed by atoms with Crippen molar-refractivity contribution in [2.75, 3.05) is 13.7 Å². The number of hydrogen-bond donors (Lipinski definition) is 1. The van der Waals surface area contributed by atoms with Crippen molar-refractivity contribution in [3.05, 3.63) is 24.3 Å². The molecular weight excluding hydrogens is 242 g/mol. The minimum atomic E-state index is -0.455. The summed E-state index contributed by atoms with van der Waals surface area (Å²) in [5.41, 5.74) is 0. The van der Waals surface area contributed by atoms with Gasteiger partial charge in [-0.15, -0.1) is 0 Å². The molecule has 0 saturated heterocycles. The average Bonchev–Trinajstić information content (AvgIpc) is 2.45. The summed E-state index contributed by atoms with van der Waals surface area (Å²) in [5, 5.41) is 2.89. The fourth-order valence-electron chi connectivity index (χ4n) is 1.66. The maximum atomic E-state index is 11.9. The zero-order valence-electron chi connectivity index (χ0n) is 11.9. The standard InChI is InChI=1S/C15H23NO3/c1-4-6-10-16-15(17)14(5-2)19-13-9-7-8-12(11-13)18-3/h7-9,11,14H,4-6,10H2,1-3H3,(H,16,17)/t14-/m1/s1. The van der Waals surface area contributed by atoms with E-state index < -0.39 is 6.10 Å². The van der Waals surface area contributed by atoms with E-state index in [9.17, 15) is 4.79 Å². The summed E-state index contributed by atoms with van der Waals surface area (Å²) in [5.74, 6) is 1.31. The summed E-state index contributed by atoms with van der Waals surface area (Å²) >= 11 is 0. The molecule has 1 rings (SSSR count). The Labute approximate surface area is 115 Å². The summed E-state index contributed by atoms with van der Waals surface area (Å²) in [4.78, 5) is 11.9. The van der Waals surface area contributed by atoms with Crippen LogP contribution < -0.4 is 14.8 Å². The maximum absolute atomic E-state index is 11.9. The largest absolute Gasteiger partial charge is 0.497 e. The molecule has 0 aliphatic heterocycles. The van der Waals surface area contributed by atoms with Crippen molar-refractivity contribution in [2.24, 2.45) is 0 Å². The number of hydrogen-bond acceptors (Lipinski definition) is 3. The highest BCUT2D eigenvalue weighted by atomic mass is 16.5. The van der Waals surface area contributed by atoms with Crippen LogP contribution >= 0.6 is 0 Å². The lowest BCUT2D eigenvalue weighted by atomic mass is 10.2. The van der Waals surface area contributed by atoms with Gasteiger partial charge in [0.05, 0.1) is 7.11 Å². The number of amides is 1. The van der Waals surface area contributed by atoms with Crippen LogP contribution in [-0.4, -0.2) is 25.7 Å². The lowest BCUT2D eigenvalue weighted by Gasteiger charge is -2.17. The molecule has 0 aromatic heterocycles. The highest BCUT2D eigenvalue weighted by molar-refractivity contribution is 5.81. The Balaban J connectivity index is 2.57. The Hall–Kier alpha value is -1.71. The molecule has 1 aromatic rings. The second kappa shape index (κ2) is 8.40. The van der Waals surface area contributed by atoms with E-state index in [2.05, 4.69) is 12.2 Å². The van der Waals surface area contributed by atoms with Crippen molar-refractivity contribution in [2.45, 2.75) is 39.2 Å². The van der Waals surface area contributed by atoms with Gasteiger partial charge < -0.3 is 14.8 Å². The highest BCUT2D eigenvalue weighted by Gasteiger charge is 2.17. The third-order valence-electron chi connectivity index (χ3n) is 2.81. The van der Waals surface area contributed by atoms with Gasteiger partial charge in [-0.2, -0.15) is 0 Å². The third kappa shape index (κ3) is 5.20. The lowest BCUT2D eigenvalue weighted by molar-refractivity contribution is -0.128. The molecule has 1 aromatic carbocycles. The Morgan fingerprint density at radius 2 is 2.05 bits per heavy atom. The number of benzene rings is 1. The second-order valence-corrected chi connectivity index (χ2v) is 4.34. The molecular formula is C15H23NO3. The molecule has 1 atom stereocenters. The van der Waals surface area contributed by atoms with Crippen molar-refractivity contribution in [1.82, 2.24) is 5.32 Å². The van der Waals surface area contributed by atoms with Gasteiger partial charge >= 0.3 is 0 Å². The van der Waals surface area contributed by atoms with Gasteiger partial charge in [0.1, 0.15) is 11.5 Å². The number of methoxy groups -OCH3 is 1. The molecule has 0 aliphatic rings. The molecule has 1 N–H and O–H groups in total. The minimum absolute atomic E-state index is 0.0567. The van der Waals surface area contributed by atoms with Crippen molar-refractivity contribution in [3.63, 3.8) is 0 Å². The van der Waals surface area contributed by atoms with Crippen molar-refractivity contribution in [3.8, 4) is 11.5 Å². The van der Waals surface area contributed by atoms with E-state index in [-0.39, 0.29) is 5.91 Å². The van der Waals surface area contributed by atoms with Gasteiger partial charge in [-0.1, -0.05) is 26.3 Å². The van der Waals surface area contributed by atoms with Gasteiger partial charge in [-0.05, 0) is 25.0 Å². The lowest BCUT2D eigenvalue weighted by Crippen LogP contribution is -2.38. The monoisotopic (exact) mass is 265 g/mol. The Morgan fingerprint density at radius 1 is 1.32 bits per heavy atom. The van der Waals surface area contributed by atoms with Gasteiger partial charge in [0.15, 0.2) is 6.10 Å². The van der Waals surface area contributed by atoms with Gasteiger partial charge in [-0.3, -0.25) is 4.79 Å². The fraction of sp³-hybridized carbons (Fsp3) is 0.533. The van der Waals surface area contributed by atoms with Crippen molar-refractivity contribution < 1.29 is 14.3 Å². The van der Waals surface area contributed by atoms with Crippen LogP contribution in [0.15, 0.2) is 24.3 Å². The van der Waals surface area contributed by atoms with E-state index in [0.29, 0.717) is 18.7 Å². The number of unbranched alkanes of at least 4 members (excludes halogenated alkanes) is 1. The van der Waals surface area contributed by atoms with E-state index in [4.69, 9.17) is 9.47 Å². The molecule has 0 fully saturated rings. The van der Waals surface area contributed by atoms with Crippen LogP contribution in [0.4, 0.5) is 0 Å². The number of carbonyl (C=O) groups excluding carboxylic acids is 1. The molecule has 0 saturated carbocycles. The zero-order valence-corrected chi connectivity index (χ0v) is 11.9. The first-order valence-corrected chi connectivity index (χ1v) is 6.79. The van der Waals surface area contributed by atoms with E-state index in [0.717, 1.165) is 18.6 Å². The number of nitrogens with one attached hydrogen (secondary N) is 1. The van der Waals surface area contributed by atoms with Crippen LogP contribution in [0.25, 0.3) is 0 Å². The number of ether oxygens (including phenoxy) is 2. The second-order valence-electron chi connectivity index (χ2n) is 4.34. The van der Waals surface area contributed by atoms with Gasteiger partial charge in [-0.25, -0.2) is 0 Å². The van der Waals surface area contributed by atoms with Crippen LogP contribution in [0.5, 0.6) is 11.5 Å². The Kier molecular flexibility index (Phi) is 6.79. The molecule has 0 radical (unpaired) electrons. The molecule has 0 aliphatic carbocycles. The summed E-state index contributed by atoms with van der Waals surface area (Å²) in [6.45, 7) is 4.73. The molecule has 0 bridgehead atoms. The predicted octanol–water partition coefficient (Wildman–Crippen LogP) is 2.77. The molecule has 4 heteroatoms. The quantitative estimate of drug-likeness (QED) is 0.735. The number of rotatable bonds is 8. The van der Waals surface area contributed by atoms with E-state index in [1.165, 1.54) is 0 Å². The average molecular weight is 265 g/mol. The van der Waals surface area contributed by atoms with Crippen molar-refractivity contribution in [1.29, 1.82) is 0 Å². The van der Waals surface area contributed by atoms with Gasteiger partial charge in [0.25, 0.3) is 5.91 Å². The first-order chi connectivity index (χ1) is 9.21. The summed E-state index contributed by atoms with van der Waals surface area (Å²) < 4.78 is 10.8. The summed E-state index contributed by atoms with van der Waals surface area (Å²) in [6, 6.07) is 7.29. The first-order valence-electron chi connectivity index (χ1n) is 6.79. The molecule has 19 heavy (non-hydrogen) atoms. The minimum Gasteiger partial charge on any atom is -0.497 e. The van der Waals surface area contributed by atoms with Gasteiger partial charge in [0, 0.05) is 12.6 Å². The normalized spacial score (nSPS) is 11.7. The third-order valence-corrected chi connectivity index (χ3v) is 2.81. The molecule has 0 heterocycles. The van der Waals surface area contributed by atoms with Crippen LogP contribution in [0.3, 0.4) is 0 Å². The first kappa shape index (κ1) is 15.3. The molecule has 106 valence electrons. The van der Waals surface area contributed by atoms with Crippen molar-refractivity contribution >= 4 is 5.91 Å². The molecule has 1 amide bonds.